The quantitative estimate of drug-likeness (QED) is 0.670. The highest BCUT2D eigenvalue weighted by Crippen LogP contribution is 2.34. The van der Waals surface area contributed by atoms with Gasteiger partial charge in [0.25, 0.3) is 0 Å². The number of aryl methyl sites for hydroxylation is 3. The summed E-state index contributed by atoms with van der Waals surface area (Å²) >= 11 is 0. The molecular formula is C21H28N4. The minimum atomic E-state index is 0.436. The van der Waals surface area contributed by atoms with Gasteiger partial charge in [-0.1, -0.05) is 44.9 Å². The lowest BCUT2D eigenvalue weighted by molar-refractivity contribution is 0.421. The van der Waals surface area contributed by atoms with Gasteiger partial charge in [-0.15, -0.1) is 5.10 Å². The van der Waals surface area contributed by atoms with Gasteiger partial charge in [-0.25, -0.2) is 4.98 Å². The van der Waals surface area contributed by atoms with Crippen molar-refractivity contribution in [1.82, 2.24) is 20.2 Å². The van der Waals surface area contributed by atoms with Crippen LogP contribution in [0.5, 0.6) is 0 Å². The minimum absolute atomic E-state index is 0.436. The molecule has 0 aliphatic rings. The third kappa shape index (κ3) is 3.17. The Morgan fingerprint density at radius 2 is 1.72 bits per heavy atom. The highest BCUT2D eigenvalue weighted by molar-refractivity contribution is 5.90. The Balaban J connectivity index is 2.19. The molecule has 0 spiro atoms. The molecule has 3 rings (SSSR count). The van der Waals surface area contributed by atoms with Crippen LogP contribution < -0.4 is 0 Å². The summed E-state index contributed by atoms with van der Waals surface area (Å²) in [5.41, 5.74) is 7.65. The second-order valence-electron chi connectivity index (χ2n) is 7.25. The number of H-pyrrole nitrogens is 1. The van der Waals surface area contributed by atoms with E-state index in [1.807, 2.05) is 0 Å². The molecule has 0 bridgehead atoms. The molecule has 2 heterocycles. The third-order valence-electron chi connectivity index (χ3n) is 5.35. The van der Waals surface area contributed by atoms with E-state index in [9.17, 15) is 0 Å². The lowest BCUT2D eigenvalue weighted by Crippen LogP contribution is -2.09. The van der Waals surface area contributed by atoms with Gasteiger partial charge < -0.3 is 4.98 Å². The number of nitrogens with zero attached hydrogens (tertiary/aromatic N) is 3. The Bertz CT molecular complexity index is 871. The van der Waals surface area contributed by atoms with Crippen molar-refractivity contribution in [3.8, 4) is 11.3 Å². The van der Waals surface area contributed by atoms with Crippen LogP contribution >= 0.6 is 0 Å². The van der Waals surface area contributed by atoms with E-state index in [4.69, 9.17) is 4.98 Å². The van der Waals surface area contributed by atoms with Gasteiger partial charge in [0.05, 0.1) is 11.7 Å². The molecule has 0 saturated carbocycles. The highest BCUT2D eigenvalue weighted by Gasteiger charge is 2.22. The summed E-state index contributed by atoms with van der Waals surface area (Å²) in [5.74, 6) is 2.09. The second-order valence-corrected chi connectivity index (χ2v) is 7.25. The number of imidazole rings is 1. The molecule has 2 aromatic heterocycles. The van der Waals surface area contributed by atoms with Gasteiger partial charge in [-0.2, -0.15) is 5.10 Å². The third-order valence-corrected chi connectivity index (χ3v) is 5.35. The molecule has 0 aliphatic heterocycles. The van der Waals surface area contributed by atoms with Crippen molar-refractivity contribution in [2.75, 3.05) is 0 Å². The van der Waals surface area contributed by atoms with Gasteiger partial charge >= 0.3 is 0 Å². The molecule has 4 heteroatoms. The van der Waals surface area contributed by atoms with E-state index < -0.39 is 0 Å². The molecule has 132 valence electrons. The largest absolute Gasteiger partial charge is 0.340 e. The zero-order valence-electron chi connectivity index (χ0n) is 16.1. The van der Waals surface area contributed by atoms with Crippen LogP contribution in [0, 0.1) is 26.7 Å². The van der Waals surface area contributed by atoms with Crippen molar-refractivity contribution >= 4 is 11.0 Å². The average molecular weight is 336 g/mol. The number of aromatic nitrogens is 4. The monoisotopic (exact) mass is 336 g/mol. The molecule has 0 saturated heterocycles. The van der Waals surface area contributed by atoms with Crippen molar-refractivity contribution in [3.05, 3.63) is 40.8 Å². The Morgan fingerprint density at radius 1 is 1.04 bits per heavy atom. The van der Waals surface area contributed by atoms with Crippen LogP contribution in [0.2, 0.25) is 0 Å². The maximum atomic E-state index is 4.98. The predicted octanol–water partition coefficient (Wildman–Crippen LogP) is 5.48. The lowest BCUT2D eigenvalue weighted by atomic mass is 9.89. The lowest BCUT2D eigenvalue weighted by Gasteiger charge is -2.18. The molecule has 25 heavy (non-hydrogen) atoms. The van der Waals surface area contributed by atoms with Crippen LogP contribution in [-0.4, -0.2) is 20.2 Å². The Labute approximate surface area is 150 Å². The Morgan fingerprint density at radius 3 is 2.32 bits per heavy atom. The fourth-order valence-electron chi connectivity index (χ4n) is 3.92. The zero-order valence-corrected chi connectivity index (χ0v) is 16.1. The van der Waals surface area contributed by atoms with Gasteiger partial charge in [-0.3, -0.25) is 0 Å². The number of hydrogen-bond acceptors (Lipinski definition) is 3. The smallest absolute Gasteiger partial charge is 0.121 e. The highest BCUT2D eigenvalue weighted by atomic mass is 15.1. The van der Waals surface area contributed by atoms with Crippen LogP contribution in [-0.2, 0) is 0 Å². The summed E-state index contributed by atoms with van der Waals surface area (Å²) in [6.07, 6.45) is 4.01. The first-order valence-corrected chi connectivity index (χ1v) is 9.25. The van der Waals surface area contributed by atoms with Gasteiger partial charge in [0.1, 0.15) is 17.0 Å². The number of benzene rings is 1. The fraction of sp³-hybridized carbons (Fsp3) is 0.476. The van der Waals surface area contributed by atoms with Crippen LogP contribution in [0.15, 0.2) is 18.3 Å². The normalized spacial score (nSPS) is 14.0. The molecule has 0 aliphatic carbocycles. The Kier molecular flexibility index (Phi) is 4.89. The van der Waals surface area contributed by atoms with Crippen LogP contribution in [0.25, 0.3) is 22.3 Å². The van der Waals surface area contributed by atoms with Crippen LogP contribution in [0.4, 0.5) is 0 Å². The first-order chi connectivity index (χ1) is 12.0. The van der Waals surface area contributed by atoms with E-state index in [-0.39, 0.29) is 0 Å². The predicted molar refractivity (Wildman–Crippen MR) is 104 cm³/mol. The summed E-state index contributed by atoms with van der Waals surface area (Å²) < 4.78 is 0. The molecular weight excluding hydrogens is 308 g/mol. The zero-order chi connectivity index (χ0) is 18.1. The molecule has 2 atom stereocenters. The van der Waals surface area contributed by atoms with E-state index in [0.717, 1.165) is 41.0 Å². The van der Waals surface area contributed by atoms with E-state index in [1.54, 1.807) is 6.20 Å². The van der Waals surface area contributed by atoms with E-state index in [0.29, 0.717) is 11.8 Å². The van der Waals surface area contributed by atoms with E-state index in [1.165, 1.54) is 16.7 Å². The topological polar surface area (TPSA) is 54.5 Å². The standard InChI is InChI=1S/C21H28N4/c1-7-13(4)16(8-2)21-23-17-11-22-25-20(19(17)24-21)18-14(5)9-12(3)10-15(18)6/h9-11,13,16H,7-8H2,1-6H3,(H,23,24). The molecule has 0 amide bonds. The molecule has 4 nitrogen and oxygen atoms in total. The number of fused-ring (bicyclic) bond motifs is 1. The summed E-state index contributed by atoms with van der Waals surface area (Å²) in [7, 11) is 0. The molecule has 0 radical (unpaired) electrons. The molecule has 2 unspecified atom stereocenters. The van der Waals surface area contributed by atoms with Crippen molar-refractivity contribution in [3.63, 3.8) is 0 Å². The summed E-state index contributed by atoms with van der Waals surface area (Å²) in [4.78, 5) is 8.48. The number of nitrogens with one attached hydrogen (secondary N) is 1. The van der Waals surface area contributed by atoms with Gasteiger partial charge in [-0.05, 0) is 44.2 Å². The van der Waals surface area contributed by atoms with Gasteiger partial charge in [0, 0.05) is 11.5 Å². The second kappa shape index (κ2) is 6.95. The van der Waals surface area contributed by atoms with Gasteiger partial charge in [0.2, 0.25) is 0 Å². The van der Waals surface area contributed by atoms with Crippen molar-refractivity contribution in [1.29, 1.82) is 0 Å². The average Bonchev–Trinajstić information content (AvgIpc) is 2.98. The molecule has 3 aromatic rings. The molecule has 1 N–H and O–H groups in total. The van der Waals surface area contributed by atoms with Crippen molar-refractivity contribution in [2.24, 2.45) is 5.92 Å². The number of rotatable bonds is 5. The van der Waals surface area contributed by atoms with Crippen molar-refractivity contribution in [2.45, 2.75) is 60.3 Å². The SMILES string of the molecule is CCC(C)C(CC)c1nc2c(-c3c(C)cc(C)cc3C)nncc2[nH]1. The molecule has 1 aromatic carbocycles. The molecule has 0 fully saturated rings. The summed E-state index contributed by atoms with van der Waals surface area (Å²) in [6, 6.07) is 4.40. The van der Waals surface area contributed by atoms with Gasteiger partial charge in [0.15, 0.2) is 0 Å². The summed E-state index contributed by atoms with van der Waals surface area (Å²) in [5, 5.41) is 8.70. The van der Waals surface area contributed by atoms with Crippen molar-refractivity contribution < 1.29 is 0 Å². The maximum Gasteiger partial charge on any atom is 0.121 e. The first kappa shape index (κ1) is 17.6. The summed E-state index contributed by atoms with van der Waals surface area (Å²) in [6.45, 7) is 13.2. The van der Waals surface area contributed by atoms with Crippen LogP contribution in [0.3, 0.4) is 0 Å². The first-order valence-electron chi connectivity index (χ1n) is 9.25. The number of aromatic amines is 1. The fourth-order valence-corrected chi connectivity index (χ4v) is 3.92. The van der Waals surface area contributed by atoms with E-state index in [2.05, 4.69) is 68.9 Å². The van der Waals surface area contributed by atoms with E-state index >= 15 is 0 Å². The van der Waals surface area contributed by atoms with Crippen LogP contribution in [0.1, 0.15) is 62.0 Å². The number of hydrogen-bond donors (Lipinski definition) is 1. The minimum Gasteiger partial charge on any atom is -0.340 e. The Hall–Kier alpha value is -2.23. The maximum absolute atomic E-state index is 4.98.